The topological polar surface area (TPSA) is 80.2 Å². The van der Waals surface area contributed by atoms with Crippen molar-refractivity contribution < 1.29 is 9.66 Å². The number of aromatic amines is 1. The summed E-state index contributed by atoms with van der Waals surface area (Å²) in [4.78, 5) is 14.5. The van der Waals surface area contributed by atoms with Crippen molar-refractivity contribution in [2.24, 2.45) is 0 Å². The minimum atomic E-state index is -0.405. The van der Waals surface area contributed by atoms with E-state index in [1.54, 1.807) is 6.07 Å². The van der Waals surface area contributed by atoms with Crippen LogP contribution >= 0.6 is 11.6 Å². The molecule has 0 amide bonds. The number of rotatable bonds is 4. The predicted octanol–water partition coefficient (Wildman–Crippen LogP) is 6.52. The minimum absolute atomic E-state index is 0.00545. The highest BCUT2D eigenvalue weighted by Crippen LogP contribution is 2.50. The van der Waals surface area contributed by atoms with Gasteiger partial charge in [-0.25, -0.2) is 0 Å². The first-order chi connectivity index (χ1) is 14.6. The van der Waals surface area contributed by atoms with Gasteiger partial charge in [-0.2, -0.15) is 0 Å². The molecule has 7 heteroatoms. The Hall–Kier alpha value is -2.57. The second-order valence-corrected chi connectivity index (χ2v) is 10.3. The van der Waals surface area contributed by atoms with Crippen LogP contribution in [0.3, 0.4) is 0 Å². The number of hydrogen-bond donors (Lipinski definition) is 2. The molecule has 2 N–H and O–H groups in total. The number of aromatic nitrogens is 1. The van der Waals surface area contributed by atoms with Gasteiger partial charge in [0, 0.05) is 46.3 Å². The van der Waals surface area contributed by atoms with E-state index in [1.807, 2.05) is 12.1 Å². The van der Waals surface area contributed by atoms with Gasteiger partial charge in [-0.15, -0.1) is 0 Å². The molecule has 0 spiro atoms. The van der Waals surface area contributed by atoms with Crippen molar-refractivity contribution in [3.63, 3.8) is 0 Å². The fraction of sp³-hybridized carbons (Fsp3) is 0.417. The Bertz CT molecular complexity index is 1220. The Labute approximate surface area is 186 Å². The van der Waals surface area contributed by atoms with E-state index in [0.717, 1.165) is 35.9 Å². The number of halogens is 1. The number of benzene rings is 2. The zero-order valence-electron chi connectivity index (χ0n) is 18.1. The van der Waals surface area contributed by atoms with Gasteiger partial charge in [0.15, 0.2) is 0 Å². The molecule has 0 saturated heterocycles. The number of fused-ring (bicyclic) bond motifs is 3. The van der Waals surface area contributed by atoms with Gasteiger partial charge < -0.3 is 15.0 Å². The first-order valence-corrected chi connectivity index (χ1v) is 11.0. The lowest BCUT2D eigenvalue weighted by atomic mass is 9.75. The Morgan fingerprint density at radius 1 is 1.16 bits per heavy atom. The molecule has 2 aliphatic rings. The number of nitro benzene ring substituents is 1. The molecule has 162 valence electrons. The van der Waals surface area contributed by atoms with Gasteiger partial charge in [-0.05, 0) is 56.4 Å². The smallest absolute Gasteiger partial charge is 0.271 e. The van der Waals surface area contributed by atoms with Gasteiger partial charge in [0.1, 0.15) is 11.5 Å². The molecule has 6 nitrogen and oxygen atoms in total. The summed E-state index contributed by atoms with van der Waals surface area (Å²) in [6.45, 7) is 9.74. The maximum Gasteiger partial charge on any atom is 0.271 e. The van der Waals surface area contributed by atoms with Gasteiger partial charge in [-0.3, -0.25) is 10.1 Å². The first kappa shape index (κ1) is 20.3. The number of nitrogens with zero attached hydrogens (tertiary/aromatic N) is 1. The van der Waals surface area contributed by atoms with Crippen LogP contribution in [-0.2, 0) is 11.0 Å². The van der Waals surface area contributed by atoms with Crippen molar-refractivity contribution in [3.8, 4) is 11.5 Å². The highest BCUT2D eigenvalue weighted by atomic mass is 35.5. The summed E-state index contributed by atoms with van der Waals surface area (Å²) in [5, 5.41) is 16.3. The lowest BCUT2D eigenvalue weighted by Crippen LogP contribution is -2.50. The molecule has 2 heterocycles. The molecule has 0 unspecified atom stereocenters. The fourth-order valence-electron chi connectivity index (χ4n) is 4.65. The summed E-state index contributed by atoms with van der Waals surface area (Å²) in [5.41, 5.74) is 4.21. The highest BCUT2D eigenvalue weighted by molar-refractivity contribution is 6.32. The molecular weight excluding hydrogens is 414 g/mol. The zero-order valence-corrected chi connectivity index (χ0v) is 18.9. The van der Waals surface area contributed by atoms with Crippen LogP contribution in [0.15, 0.2) is 30.3 Å². The number of nitro groups is 1. The van der Waals surface area contributed by atoms with Crippen LogP contribution < -0.4 is 10.1 Å². The van der Waals surface area contributed by atoms with E-state index in [-0.39, 0.29) is 27.6 Å². The summed E-state index contributed by atoms with van der Waals surface area (Å²) in [5.74, 6) is 1.47. The Morgan fingerprint density at radius 3 is 2.58 bits per heavy atom. The average molecular weight is 440 g/mol. The Morgan fingerprint density at radius 2 is 1.90 bits per heavy atom. The molecule has 1 saturated carbocycles. The third-order valence-corrected chi connectivity index (χ3v) is 6.83. The van der Waals surface area contributed by atoms with Gasteiger partial charge in [0.2, 0.25) is 0 Å². The third kappa shape index (κ3) is 3.38. The number of non-ortho nitro benzene ring substituents is 1. The second kappa shape index (κ2) is 6.71. The highest BCUT2D eigenvalue weighted by Gasteiger charge is 2.39. The number of ether oxygens (including phenoxy) is 1. The normalized spacial score (nSPS) is 19.3. The molecule has 3 aromatic rings. The second-order valence-electron chi connectivity index (χ2n) is 9.92. The average Bonchev–Trinajstić information content (AvgIpc) is 3.45. The molecular formula is C24H26ClN3O3. The minimum Gasteiger partial charge on any atom is -0.455 e. The summed E-state index contributed by atoms with van der Waals surface area (Å²) < 4.78 is 6.28. The summed E-state index contributed by atoms with van der Waals surface area (Å²) in [6, 6.07) is 8.99. The Kier molecular flexibility index (Phi) is 4.40. The van der Waals surface area contributed by atoms with Crippen LogP contribution in [-0.4, -0.2) is 16.5 Å². The molecule has 31 heavy (non-hydrogen) atoms. The van der Waals surface area contributed by atoms with Crippen LogP contribution in [0.4, 0.5) is 5.69 Å². The SMILES string of the molecule is CC1(C)CNC(C)(C)c2[nH]c3ccc(Oc4c(Cl)cc([N+](=O)[O-])cc4C4CC4)cc3c21. The van der Waals surface area contributed by atoms with Crippen molar-refractivity contribution in [2.45, 2.75) is 57.4 Å². The van der Waals surface area contributed by atoms with E-state index in [2.05, 4.69) is 44.1 Å². The lowest BCUT2D eigenvalue weighted by molar-refractivity contribution is -0.384. The van der Waals surface area contributed by atoms with E-state index < -0.39 is 4.92 Å². The van der Waals surface area contributed by atoms with E-state index in [0.29, 0.717) is 11.5 Å². The van der Waals surface area contributed by atoms with Crippen molar-refractivity contribution in [1.29, 1.82) is 0 Å². The van der Waals surface area contributed by atoms with Gasteiger partial charge in [-0.1, -0.05) is 25.4 Å². The quantitative estimate of drug-likeness (QED) is 0.358. The monoisotopic (exact) mass is 439 g/mol. The molecule has 5 rings (SSSR count). The van der Waals surface area contributed by atoms with Crippen LogP contribution in [0.5, 0.6) is 11.5 Å². The van der Waals surface area contributed by atoms with Gasteiger partial charge >= 0.3 is 0 Å². The van der Waals surface area contributed by atoms with Crippen LogP contribution in [0.25, 0.3) is 10.9 Å². The zero-order chi connectivity index (χ0) is 22.1. The van der Waals surface area contributed by atoms with Crippen LogP contribution in [0, 0.1) is 10.1 Å². The van der Waals surface area contributed by atoms with E-state index >= 15 is 0 Å². The van der Waals surface area contributed by atoms with Gasteiger partial charge in [0.25, 0.3) is 5.69 Å². The van der Waals surface area contributed by atoms with Crippen molar-refractivity contribution in [2.75, 3.05) is 6.54 Å². The molecule has 1 aliphatic carbocycles. The standard InChI is InChI=1S/C24H26ClN3O3/c1-23(2)12-26-24(3,4)22-20(23)17-11-15(7-8-19(17)27-22)31-21-16(13-5-6-13)9-14(28(29)30)10-18(21)25/h7-11,13,26-27H,5-6,12H2,1-4H3. The molecule has 0 bridgehead atoms. The molecule has 1 aromatic heterocycles. The number of H-pyrrole nitrogens is 1. The predicted molar refractivity (Wildman–Crippen MR) is 123 cm³/mol. The van der Waals surface area contributed by atoms with Crippen LogP contribution in [0.1, 0.15) is 63.3 Å². The largest absolute Gasteiger partial charge is 0.455 e. The van der Waals surface area contributed by atoms with Crippen LogP contribution in [0.2, 0.25) is 5.02 Å². The molecule has 1 aliphatic heterocycles. The number of nitrogens with one attached hydrogen (secondary N) is 2. The third-order valence-electron chi connectivity index (χ3n) is 6.55. The van der Waals surface area contributed by atoms with Crippen molar-refractivity contribution >= 4 is 28.2 Å². The molecule has 0 atom stereocenters. The molecule has 2 aromatic carbocycles. The van der Waals surface area contributed by atoms with E-state index in [9.17, 15) is 10.1 Å². The summed E-state index contributed by atoms with van der Waals surface area (Å²) >= 11 is 6.45. The maximum absolute atomic E-state index is 11.3. The summed E-state index contributed by atoms with van der Waals surface area (Å²) in [6.07, 6.45) is 1.99. The van der Waals surface area contributed by atoms with E-state index in [4.69, 9.17) is 16.3 Å². The van der Waals surface area contributed by atoms with Crippen molar-refractivity contribution in [1.82, 2.24) is 10.3 Å². The Balaban J connectivity index is 1.61. The van der Waals surface area contributed by atoms with Crippen molar-refractivity contribution in [3.05, 3.63) is 62.3 Å². The number of hydrogen-bond acceptors (Lipinski definition) is 4. The van der Waals surface area contributed by atoms with Gasteiger partial charge in [0.05, 0.1) is 15.5 Å². The fourth-order valence-corrected chi connectivity index (χ4v) is 4.91. The maximum atomic E-state index is 11.3. The summed E-state index contributed by atoms with van der Waals surface area (Å²) in [7, 11) is 0. The van der Waals surface area contributed by atoms with E-state index in [1.165, 1.54) is 17.3 Å². The molecule has 1 fully saturated rings. The lowest BCUT2D eigenvalue weighted by Gasteiger charge is -2.40. The molecule has 0 radical (unpaired) electrons. The first-order valence-electron chi connectivity index (χ1n) is 10.6.